The van der Waals surface area contributed by atoms with E-state index in [0.717, 1.165) is 23.4 Å². The maximum absolute atomic E-state index is 12.0. The van der Waals surface area contributed by atoms with Gasteiger partial charge in [-0.15, -0.1) is 0 Å². The minimum Gasteiger partial charge on any atom is -0.388 e. The summed E-state index contributed by atoms with van der Waals surface area (Å²) >= 11 is 0. The van der Waals surface area contributed by atoms with E-state index < -0.39 is 5.60 Å². The van der Waals surface area contributed by atoms with Crippen molar-refractivity contribution in [1.29, 1.82) is 0 Å². The summed E-state index contributed by atoms with van der Waals surface area (Å²) in [5.41, 5.74) is 1.00. The Kier molecular flexibility index (Phi) is 7.06. The number of hydrogen-bond donors (Lipinski definition) is 3. The van der Waals surface area contributed by atoms with Gasteiger partial charge in [0.05, 0.1) is 11.3 Å². The van der Waals surface area contributed by atoms with Crippen LogP contribution in [-0.4, -0.2) is 34.5 Å². The number of nitrogens with zero attached hydrogens (tertiary/aromatic N) is 1. The minimum absolute atomic E-state index is 0.0487. The van der Waals surface area contributed by atoms with E-state index in [2.05, 4.69) is 29.6 Å². The van der Waals surface area contributed by atoms with E-state index in [1.807, 2.05) is 20.8 Å². The molecule has 0 fully saturated rings. The second kappa shape index (κ2) is 8.34. The highest BCUT2D eigenvalue weighted by Crippen LogP contribution is 2.16. The lowest BCUT2D eigenvalue weighted by Crippen LogP contribution is -2.47. The number of urea groups is 1. The van der Waals surface area contributed by atoms with E-state index >= 15 is 0 Å². The van der Waals surface area contributed by atoms with Gasteiger partial charge in [-0.3, -0.25) is 0 Å². The Morgan fingerprint density at radius 1 is 1.35 bits per heavy atom. The molecule has 0 spiro atoms. The molecule has 1 heterocycles. The fraction of sp³-hybridized carbons (Fsp3) is 0.765. The van der Waals surface area contributed by atoms with Gasteiger partial charge in [-0.05, 0) is 52.9 Å². The van der Waals surface area contributed by atoms with Gasteiger partial charge in [0.2, 0.25) is 0 Å². The van der Waals surface area contributed by atoms with Crippen molar-refractivity contribution >= 4 is 6.03 Å². The predicted octanol–water partition coefficient (Wildman–Crippen LogP) is 2.71. The maximum Gasteiger partial charge on any atom is 0.315 e. The van der Waals surface area contributed by atoms with Gasteiger partial charge in [0, 0.05) is 18.2 Å². The first kappa shape index (κ1) is 19.5. The van der Waals surface area contributed by atoms with Crippen molar-refractivity contribution in [1.82, 2.24) is 15.8 Å². The van der Waals surface area contributed by atoms with Crippen LogP contribution >= 0.6 is 0 Å². The molecule has 0 aliphatic heterocycles. The SMILES string of the molecule is Cc1noc(C)c1CC(C)NC(=O)NCC(C)(O)CCC(C)C. The predicted molar refractivity (Wildman–Crippen MR) is 90.4 cm³/mol. The van der Waals surface area contributed by atoms with E-state index in [0.29, 0.717) is 18.8 Å². The van der Waals surface area contributed by atoms with Gasteiger partial charge in [0.25, 0.3) is 0 Å². The van der Waals surface area contributed by atoms with E-state index in [1.165, 1.54) is 0 Å². The van der Waals surface area contributed by atoms with Crippen LogP contribution in [0.1, 0.15) is 57.6 Å². The molecule has 0 saturated heterocycles. The fourth-order valence-electron chi connectivity index (χ4n) is 2.38. The average Bonchev–Trinajstić information content (AvgIpc) is 2.75. The Morgan fingerprint density at radius 3 is 2.52 bits per heavy atom. The smallest absolute Gasteiger partial charge is 0.315 e. The van der Waals surface area contributed by atoms with Gasteiger partial charge in [-0.2, -0.15) is 0 Å². The summed E-state index contributed by atoms with van der Waals surface area (Å²) < 4.78 is 5.13. The molecule has 3 N–H and O–H groups in total. The Labute approximate surface area is 139 Å². The van der Waals surface area contributed by atoms with E-state index in [9.17, 15) is 9.90 Å². The van der Waals surface area contributed by atoms with Gasteiger partial charge in [0.15, 0.2) is 0 Å². The Morgan fingerprint density at radius 2 is 2.00 bits per heavy atom. The number of rotatable bonds is 8. The molecule has 6 heteroatoms. The van der Waals surface area contributed by atoms with E-state index in [4.69, 9.17) is 4.52 Å². The van der Waals surface area contributed by atoms with E-state index in [-0.39, 0.29) is 18.6 Å². The highest BCUT2D eigenvalue weighted by Gasteiger charge is 2.22. The number of amides is 2. The summed E-state index contributed by atoms with van der Waals surface area (Å²) in [5, 5.41) is 19.8. The van der Waals surface area contributed by atoms with Crippen molar-refractivity contribution in [2.24, 2.45) is 5.92 Å². The fourth-order valence-corrected chi connectivity index (χ4v) is 2.38. The third-order valence-corrected chi connectivity index (χ3v) is 3.96. The van der Waals surface area contributed by atoms with Crippen LogP contribution in [0.15, 0.2) is 4.52 Å². The summed E-state index contributed by atoms with van der Waals surface area (Å²) in [6.45, 7) is 11.9. The normalized spacial score (nSPS) is 15.3. The summed E-state index contributed by atoms with van der Waals surface area (Å²) in [5.74, 6) is 1.32. The lowest BCUT2D eigenvalue weighted by Gasteiger charge is -2.25. The molecule has 0 aliphatic rings. The average molecular weight is 325 g/mol. The molecule has 6 nitrogen and oxygen atoms in total. The van der Waals surface area contributed by atoms with Gasteiger partial charge in [-0.25, -0.2) is 4.79 Å². The minimum atomic E-state index is -0.882. The van der Waals surface area contributed by atoms with Crippen molar-refractivity contribution in [2.45, 2.75) is 72.4 Å². The topological polar surface area (TPSA) is 87.4 Å². The Balaban J connectivity index is 2.38. The molecule has 0 bridgehead atoms. The molecule has 2 atom stereocenters. The first-order valence-corrected chi connectivity index (χ1v) is 8.29. The third kappa shape index (κ3) is 7.03. The number of aromatic nitrogens is 1. The van der Waals surface area contributed by atoms with Crippen LogP contribution in [0.2, 0.25) is 0 Å². The molecule has 0 aromatic carbocycles. The third-order valence-electron chi connectivity index (χ3n) is 3.96. The van der Waals surface area contributed by atoms with Crippen LogP contribution in [0.4, 0.5) is 4.79 Å². The summed E-state index contributed by atoms with van der Waals surface area (Å²) in [7, 11) is 0. The lowest BCUT2D eigenvalue weighted by molar-refractivity contribution is 0.0476. The molecule has 1 aromatic heterocycles. The van der Waals surface area contributed by atoms with E-state index in [1.54, 1.807) is 6.92 Å². The summed E-state index contributed by atoms with van der Waals surface area (Å²) in [4.78, 5) is 12.0. The maximum atomic E-state index is 12.0. The number of carbonyl (C=O) groups excluding carboxylic acids is 1. The second-order valence-electron chi connectivity index (χ2n) is 7.16. The first-order chi connectivity index (χ1) is 10.6. The van der Waals surface area contributed by atoms with Gasteiger partial charge in [-0.1, -0.05) is 19.0 Å². The van der Waals surface area contributed by atoms with Crippen LogP contribution in [0.25, 0.3) is 0 Å². The van der Waals surface area contributed by atoms with Gasteiger partial charge >= 0.3 is 6.03 Å². The molecule has 1 rings (SSSR count). The van der Waals surface area contributed by atoms with Crippen LogP contribution in [-0.2, 0) is 6.42 Å². The second-order valence-corrected chi connectivity index (χ2v) is 7.16. The quantitative estimate of drug-likeness (QED) is 0.686. The van der Waals surface area contributed by atoms with Gasteiger partial charge < -0.3 is 20.3 Å². The zero-order valence-electron chi connectivity index (χ0n) is 15.2. The highest BCUT2D eigenvalue weighted by atomic mass is 16.5. The zero-order chi connectivity index (χ0) is 17.6. The molecule has 2 unspecified atom stereocenters. The van der Waals surface area contributed by atoms with Crippen LogP contribution in [0.5, 0.6) is 0 Å². The van der Waals surface area contributed by atoms with Crippen molar-refractivity contribution in [2.75, 3.05) is 6.54 Å². The number of nitrogens with one attached hydrogen (secondary N) is 2. The number of aryl methyl sites for hydroxylation is 2. The Hall–Kier alpha value is -1.56. The molecule has 0 radical (unpaired) electrons. The zero-order valence-corrected chi connectivity index (χ0v) is 15.2. The monoisotopic (exact) mass is 325 g/mol. The van der Waals surface area contributed by atoms with Crippen molar-refractivity contribution in [3.05, 3.63) is 17.0 Å². The summed E-state index contributed by atoms with van der Waals surface area (Å²) in [6, 6.07) is -0.318. The van der Waals surface area contributed by atoms with Gasteiger partial charge in [0.1, 0.15) is 5.76 Å². The standard InChI is InChI=1S/C17H31N3O3/c1-11(2)7-8-17(6,22)10-18-16(21)19-12(3)9-15-13(4)20-23-14(15)5/h11-12,22H,7-10H2,1-6H3,(H2,18,19,21). The molecular weight excluding hydrogens is 294 g/mol. The van der Waals surface area contributed by atoms with Crippen LogP contribution < -0.4 is 10.6 Å². The molecule has 0 aliphatic carbocycles. The Bertz CT molecular complexity index is 490. The number of hydrogen-bond acceptors (Lipinski definition) is 4. The molecule has 2 amide bonds. The van der Waals surface area contributed by atoms with Crippen molar-refractivity contribution in [3.63, 3.8) is 0 Å². The summed E-state index contributed by atoms with van der Waals surface area (Å²) in [6.07, 6.45) is 2.26. The molecule has 0 saturated carbocycles. The van der Waals surface area contributed by atoms with Crippen LogP contribution in [0.3, 0.4) is 0 Å². The largest absolute Gasteiger partial charge is 0.388 e. The first-order valence-electron chi connectivity index (χ1n) is 8.29. The van der Waals surface area contributed by atoms with Crippen molar-refractivity contribution < 1.29 is 14.4 Å². The number of carbonyl (C=O) groups is 1. The van der Waals surface area contributed by atoms with Crippen LogP contribution in [0, 0.1) is 19.8 Å². The molecule has 1 aromatic rings. The molecule has 23 heavy (non-hydrogen) atoms. The highest BCUT2D eigenvalue weighted by molar-refractivity contribution is 5.74. The number of aliphatic hydroxyl groups is 1. The molecule has 132 valence electrons. The molecular formula is C17H31N3O3. The van der Waals surface area contributed by atoms with Crippen molar-refractivity contribution in [3.8, 4) is 0 Å². The lowest BCUT2D eigenvalue weighted by atomic mass is 9.95.